The lowest BCUT2D eigenvalue weighted by Gasteiger charge is -2.21. The molecule has 3 N–H and O–H groups in total. The molecule has 17 nitrogen and oxygen atoms in total. The predicted molar refractivity (Wildman–Crippen MR) is 454 cm³/mol. The maximum absolute atomic E-state index is 13.1. The van der Waals surface area contributed by atoms with Crippen LogP contribution in [-0.2, 0) is 65.4 Å². The summed E-state index contributed by atoms with van der Waals surface area (Å²) in [4.78, 5) is 73.2. The van der Waals surface area contributed by atoms with E-state index in [1.54, 1.807) is 0 Å². The first kappa shape index (κ1) is 104. The first-order chi connectivity index (χ1) is 53.7. The van der Waals surface area contributed by atoms with E-state index in [0.29, 0.717) is 25.7 Å². The van der Waals surface area contributed by atoms with Crippen molar-refractivity contribution in [1.82, 2.24) is 0 Å². The average Bonchev–Trinajstić information content (AvgIpc) is 0.906. The van der Waals surface area contributed by atoms with Crippen LogP contribution in [0.2, 0.25) is 0 Å². The lowest BCUT2D eigenvalue weighted by molar-refractivity contribution is -0.161. The molecule has 0 bridgehead atoms. The number of esters is 4. The predicted octanol–water partition coefficient (Wildman–Crippen LogP) is 24.7. The SMILES string of the molecule is CC/C=C\C/C=C\C/C=C\C/C=C\C/C=C\CCCCCC(=O)OCC(COP(=O)(O)OCC(O)COP(=O)(O)OCC(COC(=O)CCCCC/C=C\C/C=C\C/C=C\C/C=C\C/C=C\CC)OC(=O)CCCCCCC/C=C\C/C=C\C/C=C\CC)OC(=O)CCCCCC/C=C\C/C=C\C/C=C\C/C=C\CC. The van der Waals surface area contributed by atoms with Crippen LogP contribution in [0.15, 0.2) is 207 Å². The molecule has 0 saturated heterocycles. The zero-order valence-corrected chi connectivity index (χ0v) is 69.6. The molecule has 620 valence electrons. The van der Waals surface area contributed by atoms with Crippen LogP contribution in [-0.4, -0.2) is 96.7 Å². The second kappa shape index (κ2) is 80.7. The zero-order chi connectivity index (χ0) is 80.3. The van der Waals surface area contributed by atoms with E-state index < -0.39 is 97.5 Å². The smallest absolute Gasteiger partial charge is 0.462 e. The molecule has 0 spiro atoms. The van der Waals surface area contributed by atoms with Gasteiger partial charge in [-0.05, 0) is 186 Å². The molecule has 110 heavy (non-hydrogen) atoms. The summed E-state index contributed by atoms with van der Waals surface area (Å²) in [5.41, 5.74) is 0. The molecule has 0 saturated carbocycles. The van der Waals surface area contributed by atoms with Crippen molar-refractivity contribution in [1.29, 1.82) is 0 Å². The van der Waals surface area contributed by atoms with Crippen molar-refractivity contribution in [3.05, 3.63) is 207 Å². The third kappa shape index (κ3) is 79.7. The normalized spacial score (nSPS) is 14.9. The molecule has 0 aromatic heterocycles. The number of aliphatic hydroxyl groups excluding tert-OH is 1. The second-order valence-corrected chi connectivity index (χ2v) is 29.4. The van der Waals surface area contributed by atoms with Crippen molar-refractivity contribution in [2.45, 2.75) is 303 Å². The molecule has 19 heteroatoms. The highest BCUT2D eigenvalue weighted by molar-refractivity contribution is 7.47. The number of aliphatic hydroxyl groups is 1. The number of phosphoric acid groups is 2. The maximum Gasteiger partial charge on any atom is 0.472 e. The Hall–Kier alpha value is -6.36. The molecule has 0 heterocycles. The van der Waals surface area contributed by atoms with E-state index in [1.807, 2.05) is 0 Å². The number of carbonyl (C=O) groups excluding carboxylic acids is 4. The van der Waals surface area contributed by atoms with E-state index in [2.05, 4.69) is 234 Å². The third-order valence-corrected chi connectivity index (χ3v) is 18.1. The summed E-state index contributed by atoms with van der Waals surface area (Å²) in [5.74, 6) is -2.32. The fourth-order valence-electron chi connectivity index (χ4n) is 10.1. The third-order valence-electron chi connectivity index (χ3n) is 16.2. The lowest BCUT2D eigenvalue weighted by Crippen LogP contribution is -2.30. The number of ether oxygens (including phenoxy) is 4. The van der Waals surface area contributed by atoms with Gasteiger partial charge in [-0.1, -0.05) is 279 Å². The van der Waals surface area contributed by atoms with Crippen LogP contribution in [0.25, 0.3) is 0 Å². The fourth-order valence-corrected chi connectivity index (χ4v) is 11.7. The number of unbranched alkanes of at least 4 members (excludes halogenated alkanes) is 15. The lowest BCUT2D eigenvalue weighted by atomic mass is 10.1. The van der Waals surface area contributed by atoms with E-state index >= 15 is 0 Å². The van der Waals surface area contributed by atoms with E-state index in [-0.39, 0.29) is 25.7 Å². The van der Waals surface area contributed by atoms with Crippen molar-refractivity contribution in [2.75, 3.05) is 39.6 Å². The highest BCUT2D eigenvalue weighted by Gasteiger charge is 2.30. The average molecular weight is 1570 g/mol. The van der Waals surface area contributed by atoms with Gasteiger partial charge in [0.25, 0.3) is 0 Å². The Morgan fingerprint density at radius 2 is 0.445 bits per heavy atom. The van der Waals surface area contributed by atoms with Gasteiger partial charge < -0.3 is 33.8 Å². The molecule has 0 fully saturated rings. The molecule has 0 aromatic rings. The number of phosphoric ester groups is 2. The van der Waals surface area contributed by atoms with Gasteiger partial charge in [-0.15, -0.1) is 0 Å². The Bertz CT molecular complexity index is 2900. The number of allylic oxidation sites excluding steroid dienone is 34. The maximum atomic E-state index is 13.1. The summed E-state index contributed by atoms with van der Waals surface area (Å²) in [6.07, 6.45) is 101. The number of rotatable bonds is 75. The summed E-state index contributed by atoms with van der Waals surface area (Å²) in [6.45, 7) is 4.28. The van der Waals surface area contributed by atoms with Crippen molar-refractivity contribution in [2.24, 2.45) is 0 Å². The van der Waals surface area contributed by atoms with Crippen molar-refractivity contribution >= 4 is 39.5 Å². The molecule has 0 amide bonds. The van der Waals surface area contributed by atoms with Gasteiger partial charge in [-0.3, -0.25) is 37.3 Å². The number of hydrogen-bond acceptors (Lipinski definition) is 15. The first-order valence-electron chi connectivity index (χ1n) is 41.3. The van der Waals surface area contributed by atoms with Crippen LogP contribution in [0.5, 0.6) is 0 Å². The molecule has 0 aliphatic heterocycles. The monoisotopic (exact) mass is 1570 g/mol. The molecule has 5 unspecified atom stereocenters. The van der Waals surface area contributed by atoms with E-state index in [9.17, 15) is 43.2 Å². The second-order valence-electron chi connectivity index (χ2n) is 26.5. The van der Waals surface area contributed by atoms with Crippen LogP contribution < -0.4 is 0 Å². The summed E-state index contributed by atoms with van der Waals surface area (Å²) in [7, 11) is -10.0. The van der Waals surface area contributed by atoms with Crippen LogP contribution in [0.3, 0.4) is 0 Å². The van der Waals surface area contributed by atoms with Gasteiger partial charge in [0.05, 0.1) is 26.4 Å². The van der Waals surface area contributed by atoms with Gasteiger partial charge in [0, 0.05) is 25.7 Å². The molecular formula is C91H144O17P2. The van der Waals surface area contributed by atoms with Crippen molar-refractivity contribution in [3.63, 3.8) is 0 Å². The standard InChI is InChI=1S/C91H144O17P2/c1-5-9-13-17-21-25-29-33-37-40-42-45-48-51-55-59-63-67-71-75-88(93)101-81-86(107-90(95)77-73-69-65-61-57-53-47-36-32-28-24-20-16-12-8-4)83-105-109(97,98)103-79-85(92)80-104-110(99,100)106-84-87(108-91(96)78-74-70-66-62-58-54-50-44-39-35-31-27-23-19-15-11-7-3)82-102-89(94)76-72-68-64-60-56-52-49-46-43-41-38-34-30-26-22-18-14-10-6-2/h9-16,21-28,33-39,42-43,45-47,50-52,54-56,85-87,92H,5-8,17-20,29-32,40-41,44,48-49,53,57-84H2,1-4H3,(H,97,98)(H,99,100)/b13-9-,14-10-,15-11-,16-12-,25-21-,26-22-,27-23-,28-24-,37-33-,38-34-,39-35-,45-42-,46-43-,47-36-,54-50-,55-51-,56-52-. The minimum absolute atomic E-state index is 0.0494. The van der Waals surface area contributed by atoms with E-state index in [4.69, 9.17) is 37.0 Å². The summed E-state index contributed by atoms with van der Waals surface area (Å²) in [6, 6.07) is 0. The van der Waals surface area contributed by atoms with E-state index in [1.165, 1.54) is 0 Å². The quantitative estimate of drug-likeness (QED) is 0.0169. The number of carbonyl (C=O) groups is 4. The summed E-state index contributed by atoms with van der Waals surface area (Å²) >= 11 is 0. The summed E-state index contributed by atoms with van der Waals surface area (Å²) in [5, 5.41) is 10.7. The molecule has 0 aliphatic carbocycles. The highest BCUT2D eigenvalue weighted by Crippen LogP contribution is 2.45. The van der Waals surface area contributed by atoms with Gasteiger partial charge in [-0.2, -0.15) is 0 Å². The van der Waals surface area contributed by atoms with Gasteiger partial charge >= 0.3 is 39.5 Å². The van der Waals surface area contributed by atoms with Gasteiger partial charge in [-0.25, -0.2) is 9.13 Å². The Kier molecular flexibility index (Phi) is 76.0. The fraction of sp³-hybridized carbons (Fsp3) is 0.582. The van der Waals surface area contributed by atoms with E-state index in [0.717, 1.165) is 205 Å². The zero-order valence-electron chi connectivity index (χ0n) is 67.8. The molecule has 5 atom stereocenters. The van der Waals surface area contributed by atoms with Crippen molar-refractivity contribution < 1.29 is 80.2 Å². The minimum Gasteiger partial charge on any atom is -0.462 e. The largest absolute Gasteiger partial charge is 0.472 e. The Morgan fingerprint density at radius 1 is 0.255 bits per heavy atom. The molecular weight excluding hydrogens is 1430 g/mol. The minimum atomic E-state index is -5.01. The molecule has 0 aromatic carbocycles. The Labute approximate surface area is 665 Å². The van der Waals surface area contributed by atoms with Crippen LogP contribution in [0.1, 0.15) is 285 Å². The van der Waals surface area contributed by atoms with Crippen LogP contribution >= 0.6 is 15.6 Å². The van der Waals surface area contributed by atoms with Gasteiger partial charge in [0.1, 0.15) is 19.3 Å². The Balaban J connectivity index is 5.50. The first-order valence-corrected chi connectivity index (χ1v) is 44.3. The molecule has 0 rings (SSSR count). The van der Waals surface area contributed by atoms with Crippen LogP contribution in [0.4, 0.5) is 0 Å². The van der Waals surface area contributed by atoms with Crippen molar-refractivity contribution in [3.8, 4) is 0 Å². The topological polar surface area (TPSA) is 237 Å². The summed E-state index contributed by atoms with van der Waals surface area (Å²) < 4.78 is 68.7. The molecule has 0 radical (unpaired) electrons. The van der Waals surface area contributed by atoms with Gasteiger partial charge in [0.15, 0.2) is 12.2 Å². The van der Waals surface area contributed by atoms with Crippen LogP contribution in [0, 0.1) is 0 Å². The molecule has 0 aliphatic rings. The highest BCUT2D eigenvalue weighted by atomic mass is 31.2. The van der Waals surface area contributed by atoms with Gasteiger partial charge in [0.2, 0.25) is 0 Å². The number of hydrogen-bond donors (Lipinski definition) is 3. The Morgan fingerprint density at radius 3 is 0.691 bits per heavy atom.